The molecule has 118 valence electrons. The summed E-state index contributed by atoms with van der Waals surface area (Å²) in [6.45, 7) is 1.37. The Balaban J connectivity index is 1.65. The number of aliphatic hydroxyl groups excluding tert-OH is 1. The molecule has 0 aliphatic heterocycles. The normalized spacial score (nSPS) is 10.8. The molecule has 0 saturated heterocycles. The Kier molecular flexibility index (Phi) is 5.36. The lowest BCUT2D eigenvalue weighted by Crippen LogP contribution is -2.08. The maximum atomic E-state index is 8.75. The molecule has 1 aromatic carbocycles. The third kappa shape index (κ3) is 4.38. The molecule has 0 atom stereocenters. The number of pyridine rings is 1. The van der Waals surface area contributed by atoms with Crippen LogP contribution in [0.3, 0.4) is 0 Å². The quantitative estimate of drug-likeness (QED) is 0.510. The Bertz CT molecular complexity index is 730. The first kappa shape index (κ1) is 15.7. The largest absolute Gasteiger partial charge is 0.395 e. The average Bonchev–Trinajstić information content (AvgIpc) is 3.05. The number of rotatable bonds is 7. The summed E-state index contributed by atoms with van der Waals surface area (Å²) in [5, 5.41) is 17.1. The highest BCUT2D eigenvalue weighted by Gasteiger charge is 2.05. The van der Waals surface area contributed by atoms with Crippen molar-refractivity contribution in [2.45, 2.75) is 11.4 Å². The van der Waals surface area contributed by atoms with E-state index in [1.54, 1.807) is 12.4 Å². The fourth-order valence-corrected chi connectivity index (χ4v) is 2.69. The fraction of sp³-hybridized carbons (Fsp3) is 0.188. The van der Waals surface area contributed by atoms with Crippen LogP contribution in [0.2, 0.25) is 0 Å². The van der Waals surface area contributed by atoms with E-state index in [0.29, 0.717) is 13.1 Å². The number of nitrogens with one attached hydrogen (secondary N) is 1. The van der Waals surface area contributed by atoms with E-state index in [4.69, 9.17) is 5.11 Å². The molecular formula is C16H17N5OS. The molecule has 2 heterocycles. The summed E-state index contributed by atoms with van der Waals surface area (Å²) < 4.78 is 4.89. The maximum Gasteiger partial charge on any atom is 0.113 e. The Morgan fingerprint density at radius 2 is 1.87 bits per heavy atom. The Labute approximate surface area is 138 Å². The summed E-state index contributed by atoms with van der Waals surface area (Å²) >= 11 is 1.50. The molecular weight excluding hydrogens is 310 g/mol. The Hall–Kier alpha value is -2.22. The molecule has 0 aliphatic carbocycles. The van der Waals surface area contributed by atoms with Crippen LogP contribution in [0, 0.1) is 0 Å². The zero-order chi connectivity index (χ0) is 15.9. The Morgan fingerprint density at radius 1 is 1.09 bits per heavy atom. The summed E-state index contributed by atoms with van der Waals surface area (Å²) in [6.07, 6.45) is 5.48. The van der Waals surface area contributed by atoms with Gasteiger partial charge < -0.3 is 5.11 Å². The summed E-state index contributed by atoms with van der Waals surface area (Å²) in [7, 11) is 0. The van der Waals surface area contributed by atoms with Gasteiger partial charge in [-0.2, -0.15) is 0 Å². The highest BCUT2D eigenvalue weighted by Crippen LogP contribution is 2.21. The standard InChI is InChI=1S/C16H17N5OS/c22-10-9-18-23-15-3-1-14(2-4-15)16-12-21(20-19-16)11-13-5-7-17-8-6-13/h1-8,12,18,22H,9-11H2. The minimum absolute atomic E-state index is 0.131. The molecule has 0 amide bonds. The molecule has 3 aromatic rings. The van der Waals surface area contributed by atoms with Crippen molar-refractivity contribution in [2.24, 2.45) is 0 Å². The minimum Gasteiger partial charge on any atom is -0.395 e. The number of aromatic nitrogens is 4. The van der Waals surface area contributed by atoms with Gasteiger partial charge in [0.2, 0.25) is 0 Å². The van der Waals surface area contributed by atoms with Crippen LogP contribution in [0.4, 0.5) is 0 Å². The molecule has 2 aromatic heterocycles. The van der Waals surface area contributed by atoms with Crippen molar-refractivity contribution >= 4 is 11.9 Å². The monoisotopic (exact) mass is 327 g/mol. The minimum atomic E-state index is 0.131. The van der Waals surface area contributed by atoms with Crippen molar-refractivity contribution in [2.75, 3.05) is 13.2 Å². The lowest BCUT2D eigenvalue weighted by molar-refractivity contribution is 0.302. The van der Waals surface area contributed by atoms with Crippen LogP contribution in [0.1, 0.15) is 5.56 Å². The van der Waals surface area contributed by atoms with E-state index in [0.717, 1.165) is 21.7 Å². The van der Waals surface area contributed by atoms with Crippen LogP contribution in [0.5, 0.6) is 0 Å². The average molecular weight is 327 g/mol. The highest BCUT2D eigenvalue weighted by molar-refractivity contribution is 7.97. The third-order valence-electron chi connectivity index (χ3n) is 3.19. The van der Waals surface area contributed by atoms with Gasteiger partial charge in [-0.3, -0.25) is 9.71 Å². The van der Waals surface area contributed by atoms with E-state index in [2.05, 4.69) is 20.0 Å². The van der Waals surface area contributed by atoms with Crippen LogP contribution in [-0.2, 0) is 6.54 Å². The second-order valence-electron chi connectivity index (χ2n) is 4.90. The molecule has 2 N–H and O–H groups in total. The molecule has 6 nitrogen and oxygen atoms in total. The van der Waals surface area contributed by atoms with Gasteiger partial charge in [-0.15, -0.1) is 5.10 Å². The molecule has 23 heavy (non-hydrogen) atoms. The zero-order valence-electron chi connectivity index (χ0n) is 12.5. The predicted molar refractivity (Wildman–Crippen MR) is 89.7 cm³/mol. The van der Waals surface area contributed by atoms with Gasteiger partial charge in [-0.25, -0.2) is 4.68 Å². The molecule has 0 bridgehead atoms. The van der Waals surface area contributed by atoms with Crippen LogP contribution in [0.25, 0.3) is 11.3 Å². The third-order valence-corrected chi connectivity index (χ3v) is 4.04. The molecule has 7 heteroatoms. The van der Waals surface area contributed by atoms with Gasteiger partial charge in [0.15, 0.2) is 0 Å². The van der Waals surface area contributed by atoms with Crippen LogP contribution < -0.4 is 4.72 Å². The van der Waals surface area contributed by atoms with Gasteiger partial charge in [0.25, 0.3) is 0 Å². The second kappa shape index (κ2) is 7.87. The first-order chi connectivity index (χ1) is 11.3. The molecule has 0 unspecified atom stereocenters. The predicted octanol–water partition coefficient (Wildman–Crippen LogP) is 1.98. The van der Waals surface area contributed by atoms with Crippen LogP contribution in [0.15, 0.2) is 59.9 Å². The second-order valence-corrected chi connectivity index (χ2v) is 5.87. The number of nitrogens with zero attached hydrogens (tertiary/aromatic N) is 4. The van der Waals surface area contributed by atoms with E-state index < -0.39 is 0 Å². The van der Waals surface area contributed by atoms with Gasteiger partial charge in [0.1, 0.15) is 5.69 Å². The summed E-state index contributed by atoms with van der Waals surface area (Å²) in [5.41, 5.74) is 3.01. The molecule has 3 rings (SSSR count). The number of benzene rings is 1. The summed E-state index contributed by atoms with van der Waals surface area (Å²) in [4.78, 5) is 5.10. The zero-order valence-corrected chi connectivity index (χ0v) is 13.3. The van der Waals surface area contributed by atoms with E-state index in [1.165, 1.54) is 11.9 Å². The van der Waals surface area contributed by atoms with E-state index in [1.807, 2.05) is 47.3 Å². The summed E-state index contributed by atoms with van der Waals surface area (Å²) in [5.74, 6) is 0. The van der Waals surface area contributed by atoms with Crippen molar-refractivity contribution in [3.63, 3.8) is 0 Å². The van der Waals surface area contributed by atoms with Gasteiger partial charge in [0.05, 0.1) is 19.3 Å². The summed E-state index contributed by atoms with van der Waals surface area (Å²) in [6, 6.07) is 12.0. The van der Waals surface area contributed by atoms with Gasteiger partial charge in [-0.1, -0.05) is 17.3 Å². The number of hydrogen-bond acceptors (Lipinski definition) is 6. The molecule has 0 aliphatic rings. The molecule has 0 saturated carbocycles. The van der Waals surface area contributed by atoms with Crippen molar-refractivity contribution < 1.29 is 5.11 Å². The topological polar surface area (TPSA) is 75.9 Å². The van der Waals surface area contributed by atoms with Crippen LogP contribution in [-0.4, -0.2) is 38.2 Å². The first-order valence-corrected chi connectivity index (χ1v) is 8.07. The number of hydrogen-bond donors (Lipinski definition) is 2. The van der Waals surface area contributed by atoms with Crippen molar-refractivity contribution in [3.8, 4) is 11.3 Å². The Morgan fingerprint density at radius 3 is 2.61 bits per heavy atom. The van der Waals surface area contributed by atoms with Crippen molar-refractivity contribution in [3.05, 3.63) is 60.6 Å². The smallest absolute Gasteiger partial charge is 0.113 e. The van der Waals surface area contributed by atoms with Gasteiger partial charge in [-0.05, 0) is 41.8 Å². The lowest BCUT2D eigenvalue weighted by Gasteiger charge is -2.02. The van der Waals surface area contributed by atoms with Crippen molar-refractivity contribution in [1.29, 1.82) is 0 Å². The first-order valence-electron chi connectivity index (χ1n) is 7.25. The van der Waals surface area contributed by atoms with E-state index in [9.17, 15) is 0 Å². The highest BCUT2D eigenvalue weighted by atomic mass is 32.2. The maximum absolute atomic E-state index is 8.75. The van der Waals surface area contributed by atoms with Gasteiger partial charge in [0, 0.05) is 29.4 Å². The van der Waals surface area contributed by atoms with Crippen molar-refractivity contribution in [1.82, 2.24) is 24.7 Å². The number of aliphatic hydroxyl groups is 1. The fourth-order valence-electron chi connectivity index (χ4n) is 2.06. The van der Waals surface area contributed by atoms with E-state index >= 15 is 0 Å². The molecule has 0 fully saturated rings. The molecule has 0 spiro atoms. The van der Waals surface area contributed by atoms with Crippen LogP contribution >= 0.6 is 11.9 Å². The SMILES string of the molecule is OCCNSc1ccc(-c2cn(Cc3ccncc3)nn2)cc1. The van der Waals surface area contributed by atoms with Gasteiger partial charge >= 0.3 is 0 Å². The lowest BCUT2D eigenvalue weighted by atomic mass is 10.2. The van der Waals surface area contributed by atoms with E-state index in [-0.39, 0.29) is 6.61 Å². The molecule has 0 radical (unpaired) electrons.